The highest BCUT2D eigenvalue weighted by Gasteiger charge is 2.19. The van der Waals surface area contributed by atoms with Crippen LogP contribution in [0.4, 0.5) is 15.3 Å². The van der Waals surface area contributed by atoms with Crippen LogP contribution >= 0.6 is 45.3 Å². The fourth-order valence-corrected chi connectivity index (χ4v) is 7.25. The van der Waals surface area contributed by atoms with Gasteiger partial charge in [-0.2, -0.15) is 0 Å². The number of nitrogens with zero attached hydrogens (tertiary/aromatic N) is 3. The van der Waals surface area contributed by atoms with E-state index in [1.165, 1.54) is 0 Å². The van der Waals surface area contributed by atoms with Crippen molar-refractivity contribution in [2.45, 2.75) is 26.2 Å². The van der Waals surface area contributed by atoms with Crippen molar-refractivity contribution < 1.29 is 38.0 Å². The summed E-state index contributed by atoms with van der Waals surface area (Å²) in [5, 5.41) is 7.91. The Labute approximate surface area is 301 Å². The van der Waals surface area contributed by atoms with Crippen LogP contribution in [0.1, 0.15) is 19.5 Å². The maximum Gasteiger partial charge on any atom is 0.412 e. The highest BCUT2D eigenvalue weighted by molar-refractivity contribution is 7.10. The number of hydrogen-bond donors (Lipinski definition) is 0. The highest BCUT2D eigenvalue weighted by Crippen LogP contribution is 2.28. The number of thiophene rings is 4. The van der Waals surface area contributed by atoms with Gasteiger partial charge in [0.2, 0.25) is 0 Å². The molecule has 0 fully saturated rings. The van der Waals surface area contributed by atoms with Crippen LogP contribution < -0.4 is 14.4 Å². The minimum atomic E-state index is -0.476. The molecule has 11 nitrogen and oxygen atoms in total. The van der Waals surface area contributed by atoms with Crippen LogP contribution in [0.15, 0.2) is 88.3 Å². The van der Waals surface area contributed by atoms with E-state index in [0.717, 1.165) is 25.2 Å². The maximum atomic E-state index is 12.9. The second-order valence-corrected chi connectivity index (χ2v) is 14.7. The third-order valence-electron chi connectivity index (χ3n) is 6.75. The first-order chi connectivity index (χ1) is 23.9. The van der Waals surface area contributed by atoms with Crippen molar-refractivity contribution in [1.82, 2.24) is 9.80 Å². The van der Waals surface area contributed by atoms with E-state index in [2.05, 4.69) is 0 Å². The summed E-state index contributed by atoms with van der Waals surface area (Å²) in [4.78, 5) is 35.2. The van der Waals surface area contributed by atoms with Crippen molar-refractivity contribution in [3.05, 3.63) is 108 Å². The molecule has 4 aromatic heterocycles. The molecule has 15 heteroatoms. The molecule has 0 bridgehead atoms. The van der Waals surface area contributed by atoms with E-state index >= 15 is 0 Å². The fraction of sp³-hybridized carbons (Fsp3) is 0.294. The maximum absolute atomic E-state index is 12.9. The number of anilines is 1. The lowest BCUT2D eigenvalue weighted by Gasteiger charge is -2.21. The van der Waals surface area contributed by atoms with Crippen molar-refractivity contribution in [3.8, 4) is 11.5 Å². The van der Waals surface area contributed by atoms with Crippen LogP contribution in [-0.4, -0.2) is 63.3 Å². The lowest BCUT2D eigenvalue weighted by Crippen LogP contribution is -2.31. The lowest BCUT2D eigenvalue weighted by atomic mass is 10.2. The second kappa shape index (κ2) is 19.2. The first-order valence-corrected chi connectivity index (χ1v) is 18.6. The van der Waals surface area contributed by atoms with Gasteiger partial charge in [-0.15, -0.1) is 45.3 Å². The fourth-order valence-electron chi connectivity index (χ4n) is 4.37. The smallest absolute Gasteiger partial charge is 0.412 e. The molecule has 0 saturated heterocycles. The Kier molecular flexibility index (Phi) is 14.1. The molecule has 260 valence electrons. The molecule has 0 aliphatic rings. The van der Waals surface area contributed by atoms with E-state index in [9.17, 15) is 9.59 Å². The monoisotopic (exact) mass is 743 g/mol. The number of carbonyl (C=O) groups excluding carboxylic acids is 2. The summed E-state index contributed by atoms with van der Waals surface area (Å²) in [6.45, 7) is 0.930. The molecule has 5 rings (SSSR count). The van der Waals surface area contributed by atoms with Gasteiger partial charge in [0, 0.05) is 57.5 Å². The first-order valence-electron chi connectivity index (χ1n) is 15.1. The normalized spacial score (nSPS) is 10.8. The Morgan fingerprint density at radius 2 is 0.918 bits per heavy atom. The number of rotatable bonds is 19. The van der Waals surface area contributed by atoms with E-state index in [-0.39, 0.29) is 27.2 Å². The van der Waals surface area contributed by atoms with Gasteiger partial charge in [0.1, 0.15) is 11.5 Å². The van der Waals surface area contributed by atoms with E-state index in [1.54, 1.807) is 61.2 Å². The van der Waals surface area contributed by atoms with Crippen LogP contribution in [0.3, 0.4) is 0 Å². The molecule has 0 aliphatic carbocycles. The summed E-state index contributed by atoms with van der Waals surface area (Å²) in [7, 11) is 3.79. The Balaban J connectivity index is 1.05. The van der Waals surface area contributed by atoms with Crippen LogP contribution in [0.5, 0.6) is 11.5 Å². The summed E-state index contributed by atoms with van der Waals surface area (Å²) in [5.74, 6) is 0.961. The average molecular weight is 744 g/mol. The van der Waals surface area contributed by atoms with E-state index in [1.807, 2.05) is 101 Å². The summed E-state index contributed by atoms with van der Waals surface area (Å²) in [5.41, 5.74) is 0.820. The van der Waals surface area contributed by atoms with Crippen molar-refractivity contribution in [1.29, 1.82) is 0 Å². The van der Waals surface area contributed by atoms with Gasteiger partial charge < -0.3 is 33.3 Å². The molecular formula is C34H37N3O8S4. The Bertz CT molecular complexity index is 1470. The van der Waals surface area contributed by atoms with Gasteiger partial charge >= 0.3 is 12.2 Å². The third kappa shape index (κ3) is 12.1. The van der Waals surface area contributed by atoms with E-state index in [4.69, 9.17) is 28.4 Å². The molecule has 0 N–H and O–H groups in total. The van der Waals surface area contributed by atoms with Crippen molar-refractivity contribution in [2.75, 3.05) is 46.2 Å². The predicted octanol–water partition coefficient (Wildman–Crippen LogP) is 8.30. The van der Waals surface area contributed by atoms with E-state index in [0.29, 0.717) is 37.7 Å². The molecule has 4 heterocycles. The van der Waals surface area contributed by atoms with Crippen molar-refractivity contribution in [3.63, 3.8) is 0 Å². The zero-order chi connectivity index (χ0) is 34.3. The van der Waals surface area contributed by atoms with Crippen LogP contribution in [0, 0.1) is 0 Å². The van der Waals surface area contributed by atoms with Gasteiger partial charge in [-0.05, 0) is 45.8 Å². The number of hydrogen-bond acceptors (Lipinski definition) is 13. The highest BCUT2D eigenvalue weighted by atomic mass is 32.1. The largest absolute Gasteiger partial charge is 0.467 e. The second-order valence-electron chi connectivity index (χ2n) is 10.6. The number of amides is 2. The molecule has 0 radical (unpaired) electrons. The zero-order valence-electron chi connectivity index (χ0n) is 27.1. The van der Waals surface area contributed by atoms with Crippen LogP contribution in [0.25, 0.3) is 0 Å². The molecule has 0 saturated carbocycles. The lowest BCUT2D eigenvalue weighted by molar-refractivity contribution is -0.0792. The van der Waals surface area contributed by atoms with Gasteiger partial charge in [0.25, 0.3) is 0 Å². The molecule has 2 amide bonds. The summed E-state index contributed by atoms with van der Waals surface area (Å²) < 4.78 is 33.3. The summed E-state index contributed by atoms with van der Waals surface area (Å²) in [6.07, 6.45) is -0.953. The zero-order valence-corrected chi connectivity index (χ0v) is 30.3. The third-order valence-corrected chi connectivity index (χ3v) is 10.2. The molecule has 0 unspecified atom stereocenters. The summed E-state index contributed by atoms with van der Waals surface area (Å²) >= 11 is 6.34. The molecule has 0 spiro atoms. The molecule has 0 aliphatic heterocycles. The van der Waals surface area contributed by atoms with Gasteiger partial charge in [0.15, 0.2) is 27.2 Å². The minimum Gasteiger partial charge on any atom is -0.467 e. The predicted molar refractivity (Wildman–Crippen MR) is 192 cm³/mol. The van der Waals surface area contributed by atoms with Crippen molar-refractivity contribution >= 4 is 63.2 Å². The Hall–Kier alpha value is -4.12. The number of carbonyl (C=O) groups is 2. The van der Waals surface area contributed by atoms with Crippen LogP contribution in [-0.2, 0) is 45.1 Å². The molecule has 1 aromatic carbocycles. The Morgan fingerprint density at radius 1 is 0.551 bits per heavy atom. The molecule has 5 aromatic rings. The van der Waals surface area contributed by atoms with Gasteiger partial charge in [-0.3, -0.25) is 9.80 Å². The van der Waals surface area contributed by atoms with Gasteiger partial charge in [-0.1, -0.05) is 24.3 Å². The molecule has 49 heavy (non-hydrogen) atoms. The van der Waals surface area contributed by atoms with Gasteiger partial charge in [-0.25, -0.2) is 9.59 Å². The minimum absolute atomic E-state index is 0.153. The molecule has 0 atom stereocenters. The summed E-state index contributed by atoms with van der Waals surface area (Å²) in [6, 6.07) is 21.1. The van der Waals surface area contributed by atoms with Crippen LogP contribution in [0.2, 0.25) is 0 Å². The van der Waals surface area contributed by atoms with Gasteiger partial charge in [0.05, 0.1) is 26.2 Å². The quantitative estimate of drug-likeness (QED) is 0.0611. The average Bonchev–Trinajstić information content (AvgIpc) is 3.94. The SMILES string of the molecule is CN(C)c1cc(OCOCOC(=O)N(Cc2cccs2)Cc2cccs2)cc(OCOCOC(=O)N(Cc2cccs2)Cc2cccs2)c1. The number of benzene rings is 1. The number of ether oxygens (including phenoxy) is 6. The topological polar surface area (TPSA) is 99.2 Å². The molecular weight excluding hydrogens is 707 g/mol. The van der Waals surface area contributed by atoms with Crippen molar-refractivity contribution in [2.24, 2.45) is 0 Å². The van der Waals surface area contributed by atoms with E-state index < -0.39 is 12.2 Å². The first kappa shape index (κ1) is 36.2. The standard InChI is InChI=1S/C34H37N3O8S4/c1-35(2)26-15-27(42-22-40-24-44-33(38)36(18-29-7-3-11-46-29)19-30-8-4-12-47-30)17-28(16-26)43-23-41-25-45-34(39)37(20-31-9-5-13-48-31)21-32-10-6-14-49-32/h3-17H,18-25H2,1-2H3. The Morgan fingerprint density at radius 3 is 1.22 bits per heavy atom.